The number of hydrogen-bond donors (Lipinski definition) is 2. The minimum absolute atomic E-state index is 0.00555. The normalized spacial score (nSPS) is 10.0. The van der Waals surface area contributed by atoms with Gasteiger partial charge < -0.3 is 20.1 Å². The summed E-state index contributed by atoms with van der Waals surface area (Å²) >= 11 is 6.07. The molecule has 2 aromatic rings. The lowest BCUT2D eigenvalue weighted by Gasteiger charge is -2.10. The molecule has 0 saturated carbocycles. The van der Waals surface area contributed by atoms with Crippen molar-refractivity contribution in [3.05, 3.63) is 46.2 Å². The number of ether oxygens (including phenoxy) is 1. The highest BCUT2D eigenvalue weighted by Crippen LogP contribution is 2.29. The van der Waals surface area contributed by atoms with Gasteiger partial charge in [0.2, 0.25) is 0 Å². The molecule has 0 amide bonds. The number of carbonyl (C=O) groups excluding carboxylic acids is 1. The molecule has 1 aromatic heterocycles. The molecule has 0 radical (unpaired) electrons. The molecule has 0 aliphatic rings. The van der Waals surface area contributed by atoms with E-state index in [0.29, 0.717) is 5.69 Å². The lowest BCUT2D eigenvalue weighted by atomic mass is 10.2. The fourth-order valence-corrected chi connectivity index (χ4v) is 2.21. The maximum Gasteiger partial charge on any atom is 0.357 e. The van der Waals surface area contributed by atoms with Crippen LogP contribution in [0, 0.1) is 11.3 Å². The van der Waals surface area contributed by atoms with Crippen molar-refractivity contribution < 1.29 is 19.4 Å². The smallest absolute Gasteiger partial charge is 0.357 e. The van der Waals surface area contributed by atoms with E-state index < -0.39 is 11.9 Å². The van der Waals surface area contributed by atoms with Crippen molar-refractivity contribution in [2.45, 2.75) is 0 Å². The minimum Gasteiger partial charge on any atom is -0.478 e. The molecule has 0 bridgehead atoms. The summed E-state index contributed by atoms with van der Waals surface area (Å²) in [5.41, 5.74) is 6.07. The first-order chi connectivity index (χ1) is 10.4. The number of hydrogen-bond acceptors (Lipinski definition) is 5. The third kappa shape index (κ3) is 2.47. The Bertz CT molecular complexity index is 820. The Morgan fingerprint density at radius 2 is 2.14 bits per heavy atom. The number of methoxy groups -OCH3 is 1. The lowest BCUT2D eigenvalue weighted by molar-refractivity contribution is 0.0592. The first kappa shape index (κ1) is 15.4. The summed E-state index contributed by atoms with van der Waals surface area (Å²) < 4.78 is 5.95. The highest BCUT2D eigenvalue weighted by Gasteiger charge is 2.23. The maximum atomic E-state index is 11.9. The summed E-state index contributed by atoms with van der Waals surface area (Å²) in [7, 11) is 1.18. The number of carboxylic acid groups (broad SMARTS) is 1. The summed E-state index contributed by atoms with van der Waals surface area (Å²) in [5, 5.41) is 18.1. The number of esters is 1. The zero-order chi connectivity index (χ0) is 16.4. The van der Waals surface area contributed by atoms with Crippen molar-refractivity contribution >= 4 is 29.2 Å². The lowest BCUT2D eigenvalue weighted by Crippen LogP contribution is -2.11. The summed E-state index contributed by atoms with van der Waals surface area (Å²) in [4.78, 5) is 22.8. The van der Waals surface area contributed by atoms with E-state index in [-0.39, 0.29) is 27.5 Å². The summed E-state index contributed by atoms with van der Waals surface area (Å²) in [6, 6.07) is 5.84. The molecule has 0 aliphatic carbocycles. The zero-order valence-corrected chi connectivity index (χ0v) is 12.1. The largest absolute Gasteiger partial charge is 0.478 e. The van der Waals surface area contributed by atoms with Crippen molar-refractivity contribution in [3.8, 4) is 11.8 Å². The van der Waals surface area contributed by atoms with Crippen molar-refractivity contribution in [2.24, 2.45) is 0 Å². The first-order valence-corrected chi connectivity index (χ1v) is 6.31. The molecule has 8 heteroatoms. The Morgan fingerprint density at radius 1 is 1.45 bits per heavy atom. The number of anilines is 1. The first-order valence-electron chi connectivity index (χ1n) is 5.93. The molecule has 112 valence electrons. The van der Waals surface area contributed by atoms with Gasteiger partial charge in [0.1, 0.15) is 6.07 Å². The number of halogens is 1. The Labute approximate surface area is 130 Å². The van der Waals surface area contributed by atoms with Crippen LogP contribution in [0.2, 0.25) is 5.02 Å². The van der Waals surface area contributed by atoms with Crippen LogP contribution in [-0.4, -0.2) is 28.7 Å². The predicted octanol–water partition coefficient (Wildman–Crippen LogP) is 2.07. The van der Waals surface area contributed by atoms with Crippen LogP contribution >= 0.6 is 11.6 Å². The molecule has 7 nitrogen and oxygen atoms in total. The number of nitriles is 1. The molecular formula is C14H10ClN3O4. The predicted molar refractivity (Wildman–Crippen MR) is 78.2 cm³/mol. The van der Waals surface area contributed by atoms with E-state index in [0.717, 1.165) is 0 Å². The average molecular weight is 320 g/mol. The van der Waals surface area contributed by atoms with E-state index in [1.54, 1.807) is 0 Å². The molecule has 0 unspecified atom stereocenters. The molecule has 1 aromatic carbocycles. The number of carbonyl (C=O) groups is 2. The van der Waals surface area contributed by atoms with E-state index in [2.05, 4.69) is 4.74 Å². The number of aromatic carboxylic acids is 1. The van der Waals surface area contributed by atoms with E-state index in [9.17, 15) is 9.59 Å². The molecule has 22 heavy (non-hydrogen) atoms. The number of nitrogens with zero attached hydrogens (tertiary/aromatic N) is 2. The van der Waals surface area contributed by atoms with Crippen LogP contribution in [0.3, 0.4) is 0 Å². The molecule has 0 saturated heterocycles. The molecule has 3 N–H and O–H groups in total. The number of benzene rings is 1. The molecule has 2 rings (SSSR count). The van der Waals surface area contributed by atoms with Gasteiger partial charge in [0.05, 0.1) is 34.6 Å². The van der Waals surface area contributed by atoms with E-state index in [1.165, 1.54) is 36.1 Å². The highest BCUT2D eigenvalue weighted by atomic mass is 35.5. The standard InChI is InChI=1S/C14H10ClN3O4/c1-22-14(21)12-11(17)8(5-16)6-18(12)10-3-2-7(13(19)20)4-9(10)15/h2-4,6H,17H2,1H3,(H,19,20). The van der Waals surface area contributed by atoms with Crippen LogP contribution in [0.25, 0.3) is 5.69 Å². The van der Waals surface area contributed by atoms with Gasteiger partial charge in [-0.15, -0.1) is 0 Å². The zero-order valence-electron chi connectivity index (χ0n) is 11.3. The molecule has 0 aliphatic heterocycles. The average Bonchev–Trinajstić information content (AvgIpc) is 2.82. The van der Waals surface area contributed by atoms with Gasteiger partial charge in [-0.2, -0.15) is 5.26 Å². The second kappa shape index (κ2) is 5.79. The monoisotopic (exact) mass is 319 g/mol. The van der Waals surface area contributed by atoms with Crippen LogP contribution in [0.1, 0.15) is 26.4 Å². The number of nitrogens with two attached hydrogens (primary N) is 1. The summed E-state index contributed by atoms with van der Waals surface area (Å²) in [5.74, 6) is -1.87. The number of aromatic nitrogens is 1. The minimum atomic E-state index is -1.13. The van der Waals surface area contributed by atoms with Crippen LogP contribution in [0.15, 0.2) is 24.4 Å². The van der Waals surface area contributed by atoms with Gasteiger partial charge in [-0.25, -0.2) is 9.59 Å². The number of carboxylic acids is 1. The van der Waals surface area contributed by atoms with Crippen LogP contribution in [-0.2, 0) is 4.74 Å². The molecule has 0 atom stereocenters. The van der Waals surface area contributed by atoms with E-state index in [4.69, 9.17) is 27.7 Å². The Morgan fingerprint density at radius 3 is 2.64 bits per heavy atom. The Balaban J connectivity index is 2.70. The molecule has 0 fully saturated rings. The molecular weight excluding hydrogens is 310 g/mol. The van der Waals surface area contributed by atoms with Gasteiger partial charge in [0.15, 0.2) is 5.69 Å². The third-order valence-electron chi connectivity index (χ3n) is 3.00. The van der Waals surface area contributed by atoms with Gasteiger partial charge >= 0.3 is 11.9 Å². The van der Waals surface area contributed by atoms with Gasteiger partial charge in [0, 0.05) is 6.20 Å². The van der Waals surface area contributed by atoms with Crippen molar-refractivity contribution in [2.75, 3.05) is 12.8 Å². The van der Waals surface area contributed by atoms with Crippen molar-refractivity contribution in [1.82, 2.24) is 4.57 Å². The second-order valence-electron chi connectivity index (χ2n) is 4.25. The Kier molecular flexibility index (Phi) is 4.06. The quantitative estimate of drug-likeness (QED) is 0.836. The highest BCUT2D eigenvalue weighted by molar-refractivity contribution is 6.32. The second-order valence-corrected chi connectivity index (χ2v) is 4.66. The fourth-order valence-electron chi connectivity index (χ4n) is 1.94. The third-order valence-corrected chi connectivity index (χ3v) is 3.30. The van der Waals surface area contributed by atoms with Crippen LogP contribution in [0.5, 0.6) is 0 Å². The fraction of sp³-hybridized carbons (Fsp3) is 0.0714. The van der Waals surface area contributed by atoms with Gasteiger partial charge in [-0.1, -0.05) is 11.6 Å². The topological polar surface area (TPSA) is 118 Å². The van der Waals surface area contributed by atoms with Gasteiger partial charge in [-0.05, 0) is 18.2 Å². The summed E-state index contributed by atoms with van der Waals surface area (Å²) in [6.45, 7) is 0. The Hall–Kier alpha value is -2.98. The SMILES string of the molecule is COC(=O)c1c(N)c(C#N)cn1-c1ccc(C(=O)O)cc1Cl. The number of rotatable bonds is 3. The van der Waals surface area contributed by atoms with Crippen LogP contribution in [0.4, 0.5) is 5.69 Å². The van der Waals surface area contributed by atoms with E-state index >= 15 is 0 Å². The van der Waals surface area contributed by atoms with Crippen molar-refractivity contribution in [1.29, 1.82) is 5.26 Å². The van der Waals surface area contributed by atoms with Crippen LogP contribution < -0.4 is 5.73 Å². The van der Waals surface area contributed by atoms with Crippen molar-refractivity contribution in [3.63, 3.8) is 0 Å². The maximum absolute atomic E-state index is 11.9. The van der Waals surface area contributed by atoms with E-state index in [1.807, 2.05) is 6.07 Å². The summed E-state index contributed by atoms with van der Waals surface area (Å²) in [6.07, 6.45) is 1.34. The van der Waals surface area contributed by atoms with Gasteiger partial charge in [0.25, 0.3) is 0 Å². The van der Waals surface area contributed by atoms with Gasteiger partial charge in [-0.3, -0.25) is 0 Å². The molecule has 0 spiro atoms. The number of nitrogen functional groups attached to an aromatic ring is 1. The molecule has 1 heterocycles.